The number of amides is 1. The average molecular weight is 271 g/mol. The quantitative estimate of drug-likeness (QED) is 0.836. The molecule has 1 aromatic carbocycles. The van der Waals surface area contributed by atoms with Crippen LogP contribution in [0.4, 0.5) is 0 Å². The van der Waals surface area contributed by atoms with Crippen LogP contribution in [0, 0.1) is 11.3 Å². The molecule has 0 aliphatic rings. The molecule has 0 aliphatic carbocycles. The zero-order valence-electron chi connectivity index (χ0n) is 11.7. The third kappa shape index (κ3) is 2.91. The van der Waals surface area contributed by atoms with Crippen molar-refractivity contribution in [2.45, 2.75) is 13.0 Å². The standard InChI is InChI=1S/C15H17N3O2/c1-17(8-3-7-16)15(19)11-18-9-6-12-10-13(20-2)4-5-14(12)18/h4-6,9-10H,3,8,11H2,1-2H3. The molecule has 0 aliphatic heterocycles. The molecule has 1 aromatic heterocycles. The van der Waals surface area contributed by atoms with E-state index in [1.807, 2.05) is 41.1 Å². The Balaban J connectivity index is 2.14. The van der Waals surface area contributed by atoms with Gasteiger partial charge in [0.1, 0.15) is 12.3 Å². The molecule has 0 atom stereocenters. The molecule has 0 N–H and O–H groups in total. The van der Waals surface area contributed by atoms with Crippen LogP contribution >= 0.6 is 0 Å². The summed E-state index contributed by atoms with van der Waals surface area (Å²) in [6.45, 7) is 0.736. The largest absolute Gasteiger partial charge is 0.497 e. The summed E-state index contributed by atoms with van der Waals surface area (Å²) in [7, 11) is 3.35. The van der Waals surface area contributed by atoms with Gasteiger partial charge in [0.25, 0.3) is 0 Å². The minimum absolute atomic E-state index is 0.00596. The highest BCUT2D eigenvalue weighted by atomic mass is 16.5. The number of hydrogen-bond acceptors (Lipinski definition) is 3. The number of nitriles is 1. The monoisotopic (exact) mass is 271 g/mol. The maximum atomic E-state index is 12.1. The molecule has 0 radical (unpaired) electrons. The second-order valence-corrected chi connectivity index (χ2v) is 4.59. The molecule has 1 heterocycles. The van der Waals surface area contributed by atoms with Crippen molar-refractivity contribution in [3.05, 3.63) is 30.5 Å². The van der Waals surface area contributed by atoms with Crippen LogP contribution in [0.3, 0.4) is 0 Å². The van der Waals surface area contributed by atoms with E-state index in [2.05, 4.69) is 0 Å². The first-order chi connectivity index (χ1) is 9.65. The van der Waals surface area contributed by atoms with E-state index in [1.165, 1.54) is 0 Å². The third-order valence-electron chi connectivity index (χ3n) is 3.27. The van der Waals surface area contributed by atoms with Gasteiger partial charge in [-0.25, -0.2) is 0 Å². The molecular weight excluding hydrogens is 254 g/mol. The number of benzene rings is 1. The minimum Gasteiger partial charge on any atom is -0.497 e. The van der Waals surface area contributed by atoms with Gasteiger partial charge in [-0.1, -0.05) is 0 Å². The Kier molecular flexibility index (Phi) is 4.26. The number of likely N-dealkylation sites (N-methyl/N-ethyl adjacent to an activating group) is 1. The van der Waals surface area contributed by atoms with Gasteiger partial charge in [0, 0.05) is 30.7 Å². The molecular formula is C15H17N3O2. The first-order valence-corrected chi connectivity index (χ1v) is 6.39. The number of carbonyl (C=O) groups is 1. The molecule has 2 rings (SSSR count). The summed E-state index contributed by atoms with van der Waals surface area (Å²) in [5.41, 5.74) is 0.993. The Morgan fingerprint density at radius 2 is 2.25 bits per heavy atom. The molecule has 0 spiro atoms. The Hall–Kier alpha value is -2.48. The minimum atomic E-state index is -0.00596. The highest BCUT2D eigenvalue weighted by Gasteiger charge is 2.11. The van der Waals surface area contributed by atoms with E-state index in [0.717, 1.165) is 16.7 Å². The first kappa shape index (κ1) is 13.9. The molecule has 1 amide bonds. The Labute approximate surface area is 118 Å². The number of methoxy groups -OCH3 is 1. The normalized spacial score (nSPS) is 10.2. The van der Waals surface area contributed by atoms with Crippen molar-refractivity contribution in [3.63, 3.8) is 0 Å². The van der Waals surface area contributed by atoms with Crippen molar-refractivity contribution < 1.29 is 9.53 Å². The second-order valence-electron chi connectivity index (χ2n) is 4.59. The molecule has 5 heteroatoms. The lowest BCUT2D eigenvalue weighted by molar-refractivity contribution is -0.130. The molecule has 104 valence electrons. The molecule has 0 fully saturated rings. The van der Waals surface area contributed by atoms with Gasteiger partial charge in [-0.3, -0.25) is 4.79 Å². The van der Waals surface area contributed by atoms with Crippen molar-refractivity contribution in [3.8, 4) is 11.8 Å². The van der Waals surface area contributed by atoms with E-state index in [0.29, 0.717) is 13.0 Å². The number of fused-ring (bicyclic) bond motifs is 1. The van der Waals surface area contributed by atoms with Gasteiger partial charge in [0.05, 0.1) is 19.6 Å². The van der Waals surface area contributed by atoms with E-state index >= 15 is 0 Å². The number of aromatic nitrogens is 1. The van der Waals surface area contributed by atoms with Crippen molar-refractivity contribution in [2.24, 2.45) is 0 Å². The smallest absolute Gasteiger partial charge is 0.242 e. The zero-order chi connectivity index (χ0) is 14.5. The van der Waals surface area contributed by atoms with Gasteiger partial charge in [0.2, 0.25) is 5.91 Å². The summed E-state index contributed by atoms with van der Waals surface area (Å²) >= 11 is 0. The average Bonchev–Trinajstić information content (AvgIpc) is 2.86. The van der Waals surface area contributed by atoms with Crippen LogP contribution in [0.15, 0.2) is 30.5 Å². The molecule has 0 unspecified atom stereocenters. The Morgan fingerprint density at radius 3 is 2.95 bits per heavy atom. The summed E-state index contributed by atoms with van der Waals surface area (Å²) in [6.07, 6.45) is 2.24. The maximum absolute atomic E-state index is 12.1. The summed E-state index contributed by atoms with van der Waals surface area (Å²) < 4.78 is 7.08. The fourth-order valence-corrected chi connectivity index (χ4v) is 2.05. The summed E-state index contributed by atoms with van der Waals surface area (Å²) in [4.78, 5) is 13.6. The Morgan fingerprint density at radius 1 is 1.45 bits per heavy atom. The predicted molar refractivity (Wildman–Crippen MR) is 76.4 cm³/mol. The number of nitrogens with zero attached hydrogens (tertiary/aromatic N) is 3. The molecule has 2 aromatic rings. The van der Waals surface area contributed by atoms with Gasteiger partial charge >= 0.3 is 0 Å². The van der Waals surface area contributed by atoms with Crippen molar-refractivity contribution in [1.29, 1.82) is 5.26 Å². The SMILES string of the molecule is COc1ccc2c(ccn2CC(=O)N(C)CCC#N)c1. The molecule has 20 heavy (non-hydrogen) atoms. The van der Waals surface area contributed by atoms with Crippen molar-refractivity contribution in [1.82, 2.24) is 9.47 Å². The van der Waals surface area contributed by atoms with E-state index < -0.39 is 0 Å². The number of hydrogen-bond donors (Lipinski definition) is 0. The number of rotatable bonds is 5. The van der Waals surface area contributed by atoms with Crippen LogP contribution in [0.5, 0.6) is 5.75 Å². The molecule has 5 nitrogen and oxygen atoms in total. The molecule has 0 saturated carbocycles. The van der Waals surface area contributed by atoms with E-state index in [4.69, 9.17) is 10.00 Å². The highest BCUT2D eigenvalue weighted by Crippen LogP contribution is 2.21. The third-order valence-corrected chi connectivity index (χ3v) is 3.27. The van der Waals surface area contributed by atoms with Gasteiger partial charge in [-0.05, 0) is 24.3 Å². The van der Waals surface area contributed by atoms with Crippen molar-refractivity contribution in [2.75, 3.05) is 20.7 Å². The predicted octanol–water partition coefficient (Wildman–Crippen LogP) is 2.02. The van der Waals surface area contributed by atoms with E-state index in [9.17, 15) is 4.79 Å². The molecule has 0 saturated heterocycles. The molecule has 0 bridgehead atoms. The fraction of sp³-hybridized carbons (Fsp3) is 0.333. The van der Waals surface area contributed by atoms with Crippen LogP contribution in [-0.4, -0.2) is 36.1 Å². The lowest BCUT2D eigenvalue weighted by Crippen LogP contribution is -2.30. The van der Waals surface area contributed by atoms with Crippen LogP contribution < -0.4 is 4.74 Å². The number of carbonyl (C=O) groups excluding carboxylic acids is 1. The fourth-order valence-electron chi connectivity index (χ4n) is 2.05. The van der Waals surface area contributed by atoms with Crippen LogP contribution in [0.1, 0.15) is 6.42 Å². The van der Waals surface area contributed by atoms with Crippen LogP contribution in [0.2, 0.25) is 0 Å². The summed E-state index contributed by atoms with van der Waals surface area (Å²) in [5.74, 6) is 0.793. The van der Waals surface area contributed by atoms with Gasteiger partial charge in [-0.15, -0.1) is 0 Å². The van der Waals surface area contributed by atoms with Crippen molar-refractivity contribution >= 4 is 16.8 Å². The first-order valence-electron chi connectivity index (χ1n) is 6.39. The second kappa shape index (κ2) is 6.11. The summed E-state index contributed by atoms with van der Waals surface area (Å²) in [5, 5.41) is 9.58. The van der Waals surface area contributed by atoms with E-state index in [-0.39, 0.29) is 12.5 Å². The number of ether oxygens (including phenoxy) is 1. The van der Waals surface area contributed by atoms with Crippen LogP contribution in [0.25, 0.3) is 10.9 Å². The van der Waals surface area contributed by atoms with Gasteiger partial charge in [0.15, 0.2) is 0 Å². The van der Waals surface area contributed by atoms with Crippen LogP contribution in [-0.2, 0) is 11.3 Å². The zero-order valence-corrected chi connectivity index (χ0v) is 11.7. The summed E-state index contributed by atoms with van der Waals surface area (Å²) in [6, 6.07) is 9.76. The lowest BCUT2D eigenvalue weighted by atomic mass is 10.2. The lowest BCUT2D eigenvalue weighted by Gasteiger charge is -2.16. The van der Waals surface area contributed by atoms with Gasteiger partial charge < -0.3 is 14.2 Å². The van der Waals surface area contributed by atoms with Gasteiger partial charge in [-0.2, -0.15) is 5.26 Å². The van der Waals surface area contributed by atoms with E-state index in [1.54, 1.807) is 19.1 Å². The Bertz CT molecular complexity index is 655. The highest BCUT2D eigenvalue weighted by molar-refractivity contribution is 5.84. The maximum Gasteiger partial charge on any atom is 0.242 e. The topological polar surface area (TPSA) is 58.3 Å².